The lowest BCUT2D eigenvalue weighted by Gasteiger charge is -2.26. The molecule has 10 heteroatoms. The molecular formula is C19H39IN6O3. The van der Waals surface area contributed by atoms with Crippen molar-refractivity contribution in [3.8, 4) is 0 Å². The summed E-state index contributed by atoms with van der Waals surface area (Å²) in [5, 5.41) is 9.11. The number of carbonyl (C=O) groups is 2. The Labute approximate surface area is 192 Å². The lowest BCUT2D eigenvalue weighted by atomic mass is 10.2. The molecule has 3 N–H and O–H groups in total. The molecule has 1 saturated heterocycles. The zero-order chi connectivity index (χ0) is 21.2. The predicted octanol–water partition coefficient (Wildman–Crippen LogP) is 1.24. The second-order valence-electron chi connectivity index (χ2n) is 8.13. The normalized spacial score (nSPS) is 17.3. The minimum atomic E-state index is -0.499. The van der Waals surface area contributed by atoms with Gasteiger partial charge in [-0.3, -0.25) is 14.7 Å². The van der Waals surface area contributed by atoms with Crippen molar-refractivity contribution >= 4 is 41.9 Å². The van der Waals surface area contributed by atoms with Crippen LogP contribution in [0.2, 0.25) is 0 Å². The third kappa shape index (κ3) is 11.5. The molecule has 1 atom stereocenters. The zero-order valence-corrected chi connectivity index (χ0v) is 21.0. The number of nitrogens with one attached hydrogen (secondary N) is 3. The van der Waals surface area contributed by atoms with Crippen molar-refractivity contribution in [2.75, 3.05) is 53.9 Å². The second kappa shape index (κ2) is 13.8. The highest BCUT2D eigenvalue weighted by molar-refractivity contribution is 14.0. The van der Waals surface area contributed by atoms with Crippen LogP contribution in [0.25, 0.3) is 0 Å². The summed E-state index contributed by atoms with van der Waals surface area (Å²) in [5.74, 6) is 0.883. The van der Waals surface area contributed by atoms with Gasteiger partial charge in [0.1, 0.15) is 5.60 Å². The summed E-state index contributed by atoms with van der Waals surface area (Å²) >= 11 is 0. The molecule has 1 unspecified atom stereocenters. The Morgan fingerprint density at radius 3 is 2.34 bits per heavy atom. The van der Waals surface area contributed by atoms with Crippen LogP contribution in [0.1, 0.15) is 40.0 Å². The van der Waals surface area contributed by atoms with Crippen molar-refractivity contribution in [3.63, 3.8) is 0 Å². The molecule has 1 aliphatic heterocycles. The number of guanidine groups is 1. The van der Waals surface area contributed by atoms with E-state index in [0.717, 1.165) is 38.9 Å². The average Bonchev–Trinajstić information content (AvgIpc) is 3.06. The van der Waals surface area contributed by atoms with Gasteiger partial charge < -0.3 is 25.6 Å². The maximum atomic E-state index is 12.2. The highest BCUT2D eigenvalue weighted by atomic mass is 127. The van der Waals surface area contributed by atoms with Crippen molar-refractivity contribution in [2.24, 2.45) is 4.99 Å². The van der Waals surface area contributed by atoms with E-state index in [-0.39, 0.29) is 35.9 Å². The molecule has 0 aromatic carbocycles. The molecule has 0 radical (unpaired) electrons. The maximum absolute atomic E-state index is 12.2. The highest BCUT2D eigenvalue weighted by Gasteiger charge is 2.30. The molecule has 1 aliphatic rings. The van der Waals surface area contributed by atoms with Gasteiger partial charge in [0.2, 0.25) is 5.91 Å². The number of likely N-dealkylation sites (tertiary alicyclic amines) is 1. The molecule has 0 spiro atoms. The average molecular weight is 526 g/mol. The Morgan fingerprint density at radius 1 is 1.14 bits per heavy atom. The van der Waals surface area contributed by atoms with Crippen LogP contribution in [-0.4, -0.2) is 93.3 Å². The summed E-state index contributed by atoms with van der Waals surface area (Å²) in [6.45, 7) is 9.11. The summed E-state index contributed by atoms with van der Waals surface area (Å²) in [6, 6.07) is 0.0198. The first-order valence-corrected chi connectivity index (χ1v) is 10.0. The maximum Gasteiger partial charge on any atom is 0.407 e. The fraction of sp³-hybridized carbons (Fsp3) is 0.842. The number of hydrogen-bond acceptors (Lipinski definition) is 5. The number of likely N-dealkylation sites (N-methyl/N-ethyl adjacent to an activating group) is 1. The highest BCUT2D eigenvalue weighted by Crippen LogP contribution is 2.18. The Kier molecular flexibility index (Phi) is 13.2. The summed E-state index contributed by atoms with van der Waals surface area (Å²) in [7, 11) is 5.34. The molecule has 1 rings (SSSR count). The molecule has 2 amide bonds. The number of nitrogens with zero attached hydrogens (tertiary/aromatic N) is 3. The van der Waals surface area contributed by atoms with Gasteiger partial charge in [-0.2, -0.15) is 0 Å². The molecule has 1 heterocycles. The zero-order valence-electron chi connectivity index (χ0n) is 18.7. The van der Waals surface area contributed by atoms with Crippen LogP contribution in [0.15, 0.2) is 4.99 Å². The Balaban J connectivity index is 0.00000784. The fourth-order valence-electron chi connectivity index (χ4n) is 3.04. The van der Waals surface area contributed by atoms with E-state index in [1.54, 1.807) is 11.9 Å². The quantitative estimate of drug-likeness (QED) is 0.191. The van der Waals surface area contributed by atoms with Crippen LogP contribution in [0.5, 0.6) is 0 Å². The fourth-order valence-corrected chi connectivity index (χ4v) is 3.04. The summed E-state index contributed by atoms with van der Waals surface area (Å²) in [5.41, 5.74) is -0.499. The SMILES string of the molecule is CN=C(NCCCN1CCCC1C(=O)N(C)C)NCCNC(=O)OC(C)(C)C.I. The number of aliphatic imine (C=N–C) groups is 1. The van der Waals surface area contributed by atoms with Gasteiger partial charge in [0.15, 0.2) is 5.96 Å². The van der Waals surface area contributed by atoms with E-state index < -0.39 is 11.7 Å². The third-order valence-electron chi connectivity index (χ3n) is 4.31. The van der Waals surface area contributed by atoms with E-state index in [9.17, 15) is 9.59 Å². The molecule has 0 bridgehead atoms. The van der Waals surface area contributed by atoms with Crippen LogP contribution in [0, 0.1) is 0 Å². The first-order valence-electron chi connectivity index (χ1n) is 10.0. The molecule has 0 aromatic rings. The van der Waals surface area contributed by atoms with E-state index >= 15 is 0 Å². The molecular weight excluding hydrogens is 487 g/mol. The molecule has 9 nitrogen and oxygen atoms in total. The van der Waals surface area contributed by atoms with Gasteiger partial charge in [-0.05, 0) is 46.6 Å². The van der Waals surface area contributed by atoms with E-state index in [1.165, 1.54) is 0 Å². The van der Waals surface area contributed by atoms with E-state index in [2.05, 4.69) is 25.8 Å². The van der Waals surface area contributed by atoms with Crippen LogP contribution in [0.3, 0.4) is 0 Å². The van der Waals surface area contributed by atoms with Gasteiger partial charge in [0, 0.05) is 47.3 Å². The third-order valence-corrected chi connectivity index (χ3v) is 4.31. The number of alkyl carbamates (subject to hydrolysis) is 1. The number of carbonyl (C=O) groups excluding carboxylic acids is 2. The van der Waals surface area contributed by atoms with Crippen molar-refractivity contribution in [1.29, 1.82) is 0 Å². The number of amides is 2. The van der Waals surface area contributed by atoms with Gasteiger partial charge in [0.25, 0.3) is 0 Å². The Hall–Kier alpha value is -1.30. The monoisotopic (exact) mass is 526 g/mol. The van der Waals surface area contributed by atoms with Gasteiger partial charge in [-0.25, -0.2) is 4.79 Å². The van der Waals surface area contributed by atoms with Crippen LogP contribution >= 0.6 is 24.0 Å². The molecule has 0 saturated carbocycles. The predicted molar refractivity (Wildman–Crippen MR) is 127 cm³/mol. The first-order chi connectivity index (χ1) is 13.1. The minimum absolute atomic E-state index is 0. The topological polar surface area (TPSA) is 98.3 Å². The van der Waals surface area contributed by atoms with Crippen molar-refractivity contribution in [1.82, 2.24) is 25.8 Å². The summed E-state index contributed by atoms with van der Waals surface area (Å²) in [6.07, 6.45) is 2.52. The van der Waals surface area contributed by atoms with Crippen molar-refractivity contribution in [3.05, 3.63) is 0 Å². The minimum Gasteiger partial charge on any atom is -0.444 e. The molecule has 29 heavy (non-hydrogen) atoms. The number of ether oxygens (including phenoxy) is 1. The Bertz CT molecular complexity index is 537. The van der Waals surface area contributed by atoms with Gasteiger partial charge >= 0.3 is 6.09 Å². The van der Waals surface area contributed by atoms with Gasteiger partial charge in [-0.1, -0.05) is 0 Å². The molecule has 0 aliphatic carbocycles. The first kappa shape index (κ1) is 27.7. The van der Waals surface area contributed by atoms with Crippen LogP contribution in [-0.2, 0) is 9.53 Å². The number of rotatable bonds is 8. The second-order valence-corrected chi connectivity index (χ2v) is 8.13. The lowest BCUT2D eigenvalue weighted by Crippen LogP contribution is -2.45. The van der Waals surface area contributed by atoms with E-state index in [0.29, 0.717) is 19.0 Å². The Morgan fingerprint density at radius 2 is 1.76 bits per heavy atom. The molecule has 170 valence electrons. The summed E-state index contributed by atoms with van der Waals surface area (Å²) in [4.78, 5) is 31.9. The smallest absolute Gasteiger partial charge is 0.407 e. The van der Waals surface area contributed by atoms with Gasteiger partial charge in [0.05, 0.1) is 6.04 Å². The standard InChI is InChI=1S/C19H38N6O3.HI/c1-19(2,3)28-18(27)23-12-11-22-17(20-4)21-10-8-14-25-13-7-9-15(25)16(26)24(5)6;/h15H,7-14H2,1-6H3,(H,23,27)(H2,20,21,22);1H. The number of halogens is 1. The lowest BCUT2D eigenvalue weighted by molar-refractivity contribution is -0.133. The van der Waals surface area contributed by atoms with Gasteiger partial charge in [-0.15, -0.1) is 24.0 Å². The summed E-state index contributed by atoms with van der Waals surface area (Å²) < 4.78 is 5.18. The van der Waals surface area contributed by atoms with Crippen LogP contribution in [0.4, 0.5) is 4.79 Å². The van der Waals surface area contributed by atoms with E-state index in [1.807, 2.05) is 34.9 Å². The number of hydrogen-bond donors (Lipinski definition) is 3. The molecule has 1 fully saturated rings. The largest absolute Gasteiger partial charge is 0.444 e. The van der Waals surface area contributed by atoms with Crippen molar-refractivity contribution < 1.29 is 14.3 Å². The van der Waals surface area contributed by atoms with Crippen molar-refractivity contribution in [2.45, 2.75) is 51.7 Å². The van der Waals surface area contributed by atoms with E-state index in [4.69, 9.17) is 4.74 Å². The molecule has 0 aromatic heterocycles. The van der Waals surface area contributed by atoms with Crippen LogP contribution < -0.4 is 16.0 Å².